The number of imidazole rings is 1. The van der Waals surface area contributed by atoms with Gasteiger partial charge in [-0.25, -0.2) is 15.0 Å². The first-order valence-electron chi connectivity index (χ1n) is 4.91. The quantitative estimate of drug-likeness (QED) is 0.721. The van der Waals surface area contributed by atoms with E-state index in [0.717, 1.165) is 21.2 Å². The fourth-order valence-electron chi connectivity index (χ4n) is 1.45. The van der Waals surface area contributed by atoms with Gasteiger partial charge < -0.3 is 4.98 Å². The van der Waals surface area contributed by atoms with E-state index in [1.165, 1.54) is 18.1 Å². The van der Waals surface area contributed by atoms with Crippen LogP contribution in [0, 0.1) is 0 Å². The molecule has 0 unspecified atom stereocenters. The van der Waals surface area contributed by atoms with E-state index in [1.54, 1.807) is 6.07 Å². The van der Waals surface area contributed by atoms with Gasteiger partial charge in [0, 0.05) is 6.07 Å². The van der Waals surface area contributed by atoms with Gasteiger partial charge in [0.2, 0.25) is 0 Å². The third-order valence-electron chi connectivity index (χ3n) is 2.18. The van der Waals surface area contributed by atoms with Gasteiger partial charge in [-0.15, -0.1) is 0 Å². The Hall–Kier alpha value is -1.59. The number of para-hydroxylation sites is 2. The lowest BCUT2D eigenvalue weighted by molar-refractivity contribution is 1.02. The Bertz CT molecular complexity index is 634. The van der Waals surface area contributed by atoms with Gasteiger partial charge in [0.25, 0.3) is 0 Å². The first-order valence-corrected chi connectivity index (χ1v) is 6.11. The number of aromatic amines is 1. The molecule has 1 N–H and O–H groups in total. The van der Waals surface area contributed by atoms with Gasteiger partial charge in [0.15, 0.2) is 5.16 Å². The molecule has 84 valence electrons. The van der Waals surface area contributed by atoms with Crippen LogP contribution >= 0.6 is 23.4 Å². The first kappa shape index (κ1) is 10.6. The molecule has 0 aliphatic heterocycles. The third kappa shape index (κ3) is 2.25. The van der Waals surface area contributed by atoms with E-state index in [9.17, 15) is 0 Å². The monoisotopic (exact) mass is 262 g/mol. The van der Waals surface area contributed by atoms with Gasteiger partial charge >= 0.3 is 0 Å². The fraction of sp³-hybridized carbons (Fsp3) is 0. The summed E-state index contributed by atoms with van der Waals surface area (Å²) in [5.74, 6) is 0. The Morgan fingerprint density at radius 2 is 2.06 bits per heavy atom. The Morgan fingerprint density at radius 3 is 2.88 bits per heavy atom. The zero-order chi connectivity index (χ0) is 11.7. The van der Waals surface area contributed by atoms with E-state index in [4.69, 9.17) is 11.6 Å². The van der Waals surface area contributed by atoms with E-state index < -0.39 is 0 Å². The summed E-state index contributed by atoms with van der Waals surface area (Å²) >= 11 is 7.22. The van der Waals surface area contributed by atoms with Gasteiger partial charge in [-0.1, -0.05) is 23.7 Å². The summed E-state index contributed by atoms with van der Waals surface area (Å²) in [5, 5.41) is 1.99. The molecular formula is C11H7ClN4S. The average Bonchev–Trinajstić information content (AvgIpc) is 2.71. The maximum absolute atomic E-state index is 5.79. The molecule has 0 saturated heterocycles. The molecule has 6 heteroatoms. The normalized spacial score (nSPS) is 10.9. The second-order valence-corrected chi connectivity index (χ2v) is 4.74. The molecule has 0 aliphatic carbocycles. The van der Waals surface area contributed by atoms with Crippen molar-refractivity contribution in [2.45, 2.75) is 10.2 Å². The predicted molar refractivity (Wildman–Crippen MR) is 67.3 cm³/mol. The minimum atomic E-state index is 0.429. The number of rotatable bonds is 2. The smallest absolute Gasteiger partial charge is 0.172 e. The molecule has 0 fully saturated rings. The number of halogens is 1. The van der Waals surface area contributed by atoms with Crippen molar-refractivity contribution in [3.63, 3.8) is 0 Å². The standard InChI is InChI=1S/C11H7ClN4S/c12-9-5-10(14-6-13-9)17-11-15-7-3-1-2-4-8(7)16-11/h1-6H,(H,15,16). The molecule has 2 heterocycles. The molecule has 0 amide bonds. The molecule has 17 heavy (non-hydrogen) atoms. The number of aromatic nitrogens is 4. The van der Waals surface area contributed by atoms with Gasteiger partial charge in [-0.2, -0.15) is 0 Å². The maximum Gasteiger partial charge on any atom is 0.172 e. The Kier molecular flexibility index (Phi) is 2.70. The molecule has 0 bridgehead atoms. The van der Waals surface area contributed by atoms with Crippen molar-refractivity contribution < 1.29 is 0 Å². The lowest BCUT2D eigenvalue weighted by Gasteiger charge is -1.95. The third-order valence-corrected chi connectivity index (χ3v) is 3.20. The van der Waals surface area contributed by atoms with Crippen molar-refractivity contribution in [3.05, 3.63) is 41.8 Å². The molecule has 3 rings (SSSR count). The van der Waals surface area contributed by atoms with Crippen molar-refractivity contribution in [1.82, 2.24) is 19.9 Å². The molecular weight excluding hydrogens is 256 g/mol. The van der Waals surface area contributed by atoms with Crippen molar-refractivity contribution in [2.75, 3.05) is 0 Å². The van der Waals surface area contributed by atoms with E-state index in [2.05, 4.69) is 19.9 Å². The van der Waals surface area contributed by atoms with Crippen LogP contribution in [0.3, 0.4) is 0 Å². The molecule has 0 atom stereocenters. The van der Waals surface area contributed by atoms with Crippen molar-refractivity contribution in [3.8, 4) is 0 Å². The molecule has 3 aromatic rings. The lowest BCUT2D eigenvalue weighted by Crippen LogP contribution is -1.83. The maximum atomic E-state index is 5.79. The Labute approximate surface area is 106 Å². The average molecular weight is 263 g/mol. The fourth-order valence-corrected chi connectivity index (χ4v) is 2.44. The number of nitrogens with one attached hydrogen (secondary N) is 1. The van der Waals surface area contributed by atoms with Crippen LogP contribution in [0.5, 0.6) is 0 Å². The first-order chi connectivity index (χ1) is 8.31. The van der Waals surface area contributed by atoms with Gasteiger partial charge in [0.1, 0.15) is 16.5 Å². The van der Waals surface area contributed by atoms with Crippen molar-refractivity contribution in [2.24, 2.45) is 0 Å². The number of H-pyrrole nitrogens is 1. The van der Waals surface area contributed by atoms with Crippen LogP contribution in [-0.2, 0) is 0 Å². The topological polar surface area (TPSA) is 54.5 Å². The molecule has 0 saturated carbocycles. The second-order valence-electron chi connectivity index (χ2n) is 3.34. The zero-order valence-electron chi connectivity index (χ0n) is 8.59. The summed E-state index contributed by atoms with van der Waals surface area (Å²) in [4.78, 5) is 15.6. The number of nitrogens with zero attached hydrogens (tertiary/aromatic N) is 3. The minimum absolute atomic E-state index is 0.429. The highest BCUT2D eigenvalue weighted by Gasteiger charge is 2.05. The minimum Gasteiger partial charge on any atom is -0.333 e. The number of hydrogen-bond donors (Lipinski definition) is 1. The van der Waals surface area contributed by atoms with Crippen LogP contribution in [0.15, 0.2) is 46.8 Å². The summed E-state index contributed by atoms with van der Waals surface area (Å²) in [7, 11) is 0. The van der Waals surface area contributed by atoms with Gasteiger partial charge in [-0.05, 0) is 23.9 Å². The van der Waals surface area contributed by atoms with E-state index in [0.29, 0.717) is 5.15 Å². The van der Waals surface area contributed by atoms with Crippen LogP contribution in [0.4, 0.5) is 0 Å². The summed E-state index contributed by atoms with van der Waals surface area (Å²) in [6, 6.07) is 9.58. The van der Waals surface area contributed by atoms with Crippen LogP contribution in [-0.4, -0.2) is 19.9 Å². The predicted octanol–water partition coefficient (Wildman–Crippen LogP) is 3.16. The Balaban J connectivity index is 1.94. The van der Waals surface area contributed by atoms with E-state index in [1.807, 2.05) is 24.3 Å². The van der Waals surface area contributed by atoms with E-state index in [-0.39, 0.29) is 0 Å². The van der Waals surface area contributed by atoms with Crippen LogP contribution in [0.25, 0.3) is 11.0 Å². The van der Waals surface area contributed by atoms with E-state index >= 15 is 0 Å². The largest absolute Gasteiger partial charge is 0.333 e. The highest BCUT2D eigenvalue weighted by Crippen LogP contribution is 2.26. The summed E-state index contributed by atoms with van der Waals surface area (Å²) in [6.45, 7) is 0. The molecule has 0 aliphatic rings. The highest BCUT2D eigenvalue weighted by atomic mass is 35.5. The molecule has 2 aromatic heterocycles. The van der Waals surface area contributed by atoms with Gasteiger partial charge in [0.05, 0.1) is 11.0 Å². The number of benzene rings is 1. The van der Waals surface area contributed by atoms with Crippen molar-refractivity contribution >= 4 is 34.4 Å². The number of hydrogen-bond acceptors (Lipinski definition) is 4. The summed E-state index contributed by atoms with van der Waals surface area (Å²) in [5.41, 5.74) is 1.95. The number of fused-ring (bicyclic) bond motifs is 1. The van der Waals surface area contributed by atoms with Crippen LogP contribution < -0.4 is 0 Å². The van der Waals surface area contributed by atoms with Crippen molar-refractivity contribution in [1.29, 1.82) is 0 Å². The molecule has 0 spiro atoms. The summed E-state index contributed by atoms with van der Waals surface area (Å²) in [6.07, 6.45) is 1.44. The summed E-state index contributed by atoms with van der Waals surface area (Å²) < 4.78 is 0. The van der Waals surface area contributed by atoms with Crippen LogP contribution in [0.2, 0.25) is 5.15 Å². The highest BCUT2D eigenvalue weighted by molar-refractivity contribution is 7.99. The molecule has 0 radical (unpaired) electrons. The SMILES string of the molecule is Clc1cc(Sc2nc3ccccc3[nH]2)ncn1. The Morgan fingerprint density at radius 1 is 1.18 bits per heavy atom. The molecule has 1 aromatic carbocycles. The molecule has 4 nitrogen and oxygen atoms in total. The second kappa shape index (κ2) is 4.35. The lowest BCUT2D eigenvalue weighted by atomic mass is 10.3. The van der Waals surface area contributed by atoms with Crippen LogP contribution in [0.1, 0.15) is 0 Å². The van der Waals surface area contributed by atoms with Gasteiger partial charge in [-0.3, -0.25) is 0 Å². The zero-order valence-corrected chi connectivity index (χ0v) is 10.2.